The lowest BCUT2D eigenvalue weighted by atomic mass is 9.51. The summed E-state index contributed by atoms with van der Waals surface area (Å²) in [5.74, 6) is 1.93. The highest BCUT2D eigenvalue weighted by molar-refractivity contribution is 5.91. The molecule has 20 heavy (non-hydrogen) atoms. The zero-order valence-corrected chi connectivity index (χ0v) is 12.9. The van der Waals surface area contributed by atoms with Gasteiger partial charge in [0.05, 0.1) is 0 Å². The van der Waals surface area contributed by atoms with Crippen molar-refractivity contribution >= 4 is 5.78 Å². The first-order valence-electron chi connectivity index (χ1n) is 8.47. The number of carbonyl (C=O) groups excluding carboxylic acids is 1. The second-order valence-electron chi connectivity index (χ2n) is 8.15. The van der Waals surface area contributed by atoms with Crippen LogP contribution in [0.1, 0.15) is 65.2 Å². The van der Waals surface area contributed by atoms with E-state index in [9.17, 15) is 4.79 Å². The maximum atomic E-state index is 11.8. The Bertz CT molecular complexity index is 526. The standard InChI is InChI=1S/C19H26O/c1-18-9-3-4-16(18)15-6-5-13-12-14(20)7-11-19(13,2)17(15)8-10-18/h6,12,16-17H,3-5,7-11H2,1-2H3. The molecule has 0 bridgehead atoms. The monoisotopic (exact) mass is 270 g/mol. The average molecular weight is 270 g/mol. The van der Waals surface area contributed by atoms with Crippen LogP contribution in [0, 0.1) is 22.7 Å². The molecule has 0 spiro atoms. The molecule has 0 heterocycles. The van der Waals surface area contributed by atoms with Gasteiger partial charge in [0.2, 0.25) is 0 Å². The van der Waals surface area contributed by atoms with Gasteiger partial charge in [-0.2, -0.15) is 0 Å². The highest BCUT2D eigenvalue weighted by Crippen LogP contribution is 2.63. The molecule has 2 saturated carbocycles. The summed E-state index contributed by atoms with van der Waals surface area (Å²) in [7, 11) is 0. The van der Waals surface area contributed by atoms with Gasteiger partial charge >= 0.3 is 0 Å². The lowest BCUT2D eigenvalue weighted by Gasteiger charge is -2.53. The summed E-state index contributed by atoms with van der Waals surface area (Å²) in [5, 5.41) is 0. The van der Waals surface area contributed by atoms with Crippen molar-refractivity contribution in [2.45, 2.75) is 65.2 Å². The van der Waals surface area contributed by atoms with E-state index in [1.807, 2.05) is 6.08 Å². The van der Waals surface area contributed by atoms with Gasteiger partial charge in [-0.05, 0) is 67.3 Å². The first kappa shape index (κ1) is 12.9. The third-order valence-corrected chi connectivity index (χ3v) is 7.18. The molecule has 4 rings (SSSR count). The Morgan fingerprint density at radius 2 is 1.95 bits per heavy atom. The molecule has 4 unspecified atom stereocenters. The Morgan fingerprint density at radius 3 is 2.80 bits per heavy atom. The van der Waals surface area contributed by atoms with E-state index >= 15 is 0 Å². The minimum atomic E-state index is 0.294. The van der Waals surface area contributed by atoms with Crippen LogP contribution in [0.3, 0.4) is 0 Å². The quantitative estimate of drug-likeness (QED) is 0.576. The average Bonchev–Trinajstić information content (AvgIpc) is 2.81. The van der Waals surface area contributed by atoms with Gasteiger partial charge in [0, 0.05) is 6.42 Å². The van der Waals surface area contributed by atoms with Crippen LogP contribution in [0.15, 0.2) is 23.3 Å². The van der Waals surface area contributed by atoms with Gasteiger partial charge in [0.25, 0.3) is 0 Å². The Morgan fingerprint density at radius 1 is 1.10 bits per heavy atom. The molecule has 1 nitrogen and oxygen atoms in total. The van der Waals surface area contributed by atoms with Gasteiger partial charge in [0.1, 0.15) is 0 Å². The molecule has 4 aliphatic rings. The summed E-state index contributed by atoms with van der Waals surface area (Å²) >= 11 is 0. The molecule has 4 aliphatic carbocycles. The fraction of sp³-hybridized carbons (Fsp3) is 0.737. The third-order valence-electron chi connectivity index (χ3n) is 7.18. The van der Waals surface area contributed by atoms with Crippen LogP contribution in [0.25, 0.3) is 0 Å². The molecule has 0 N–H and O–H groups in total. The molecule has 0 aromatic carbocycles. The first-order valence-corrected chi connectivity index (χ1v) is 8.47. The van der Waals surface area contributed by atoms with E-state index in [1.165, 1.54) is 37.7 Å². The number of allylic oxidation sites excluding steroid dienone is 4. The molecule has 0 amide bonds. The van der Waals surface area contributed by atoms with Crippen molar-refractivity contribution < 1.29 is 4.79 Å². The van der Waals surface area contributed by atoms with Gasteiger partial charge in [-0.15, -0.1) is 0 Å². The normalized spacial score (nSPS) is 47.0. The molecule has 0 radical (unpaired) electrons. The molecule has 1 heteroatoms. The van der Waals surface area contributed by atoms with Gasteiger partial charge in [0.15, 0.2) is 5.78 Å². The Kier molecular flexibility index (Phi) is 2.63. The van der Waals surface area contributed by atoms with Crippen molar-refractivity contribution in [1.29, 1.82) is 0 Å². The van der Waals surface area contributed by atoms with Gasteiger partial charge in [-0.25, -0.2) is 0 Å². The highest BCUT2D eigenvalue weighted by atomic mass is 16.1. The van der Waals surface area contributed by atoms with E-state index < -0.39 is 0 Å². The third kappa shape index (κ3) is 1.58. The van der Waals surface area contributed by atoms with Crippen molar-refractivity contribution in [3.05, 3.63) is 23.3 Å². The Balaban J connectivity index is 1.76. The SMILES string of the molecule is CC12CCCC1C1=CCC3=CC(=O)CCC3(C)C1CC2. The summed E-state index contributed by atoms with van der Waals surface area (Å²) in [6.07, 6.45) is 14.4. The molecular formula is C19H26O. The van der Waals surface area contributed by atoms with Gasteiger partial charge in [-0.1, -0.05) is 37.5 Å². The molecule has 4 atom stereocenters. The highest BCUT2D eigenvalue weighted by Gasteiger charge is 2.52. The van der Waals surface area contributed by atoms with E-state index in [0.717, 1.165) is 31.1 Å². The largest absolute Gasteiger partial charge is 0.295 e. The lowest BCUT2D eigenvalue weighted by molar-refractivity contribution is -0.116. The molecule has 0 aliphatic heterocycles. The van der Waals surface area contributed by atoms with Crippen molar-refractivity contribution in [2.24, 2.45) is 22.7 Å². The van der Waals surface area contributed by atoms with Crippen molar-refractivity contribution in [3.63, 3.8) is 0 Å². The van der Waals surface area contributed by atoms with E-state index in [4.69, 9.17) is 0 Å². The van der Waals surface area contributed by atoms with E-state index in [-0.39, 0.29) is 0 Å². The van der Waals surface area contributed by atoms with Gasteiger partial charge < -0.3 is 0 Å². The molecule has 108 valence electrons. The molecule has 0 aromatic rings. The second-order valence-corrected chi connectivity index (χ2v) is 8.15. The number of fused-ring (bicyclic) bond motifs is 5. The fourth-order valence-electron chi connectivity index (χ4n) is 5.85. The maximum absolute atomic E-state index is 11.8. The Hall–Kier alpha value is -0.850. The summed E-state index contributed by atoms with van der Waals surface area (Å²) in [6.45, 7) is 4.97. The zero-order chi connectivity index (χ0) is 14.0. The van der Waals surface area contributed by atoms with Crippen LogP contribution in [0.5, 0.6) is 0 Å². The maximum Gasteiger partial charge on any atom is 0.155 e. The number of carbonyl (C=O) groups is 1. The van der Waals surface area contributed by atoms with E-state index in [2.05, 4.69) is 19.9 Å². The number of ketones is 1. The topological polar surface area (TPSA) is 17.1 Å². The van der Waals surface area contributed by atoms with Crippen molar-refractivity contribution in [3.8, 4) is 0 Å². The number of hydrogen-bond donors (Lipinski definition) is 0. The summed E-state index contributed by atoms with van der Waals surface area (Å²) in [4.78, 5) is 11.8. The predicted octanol–water partition coefficient (Wildman–Crippen LogP) is 4.83. The first-order chi connectivity index (χ1) is 9.53. The summed E-state index contributed by atoms with van der Waals surface area (Å²) in [5.41, 5.74) is 4.10. The van der Waals surface area contributed by atoms with E-state index in [0.29, 0.717) is 16.6 Å². The predicted molar refractivity (Wildman–Crippen MR) is 81.3 cm³/mol. The summed E-state index contributed by atoms with van der Waals surface area (Å²) < 4.78 is 0. The fourth-order valence-corrected chi connectivity index (χ4v) is 5.85. The molecular weight excluding hydrogens is 244 g/mol. The van der Waals surface area contributed by atoms with E-state index in [1.54, 1.807) is 5.57 Å². The Labute approximate surface area is 122 Å². The van der Waals surface area contributed by atoms with Crippen LogP contribution < -0.4 is 0 Å². The minimum Gasteiger partial charge on any atom is -0.295 e. The van der Waals surface area contributed by atoms with Crippen LogP contribution in [0.2, 0.25) is 0 Å². The molecule has 0 saturated heterocycles. The molecule has 2 fully saturated rings. The number of rotatable bonds is 0. The van der Waals surface area contributed by atoms with Crippen LogP contribution >= 0.6 is 0 Å². The van der Waals surface area contributed by atoms with Crippen LogP contribution in [-0.4, -0.2) is 5.78 Å². The van der Waals surface area contributed by atoms with Crippen LogP contribution in [-0.2, 0) is 4.79 Å². The lowest BCUT2D eigenvalue weighted by Crippen LogP contribution is -2.44. The second kappa shape index (κ2) is 4.08. The van der Waals surface area contributed by atoms with Crippen molar-refractivity contribution in [1.82, 2.24) is 0 Å². The van der Waals surface area contributed by atoms with Crippen molar-refractivity contribution in [2.75, 3.05) is 0 Å². The van der Waals surface area contributed by atoms with Gasteiger partial charge in [-0.3, -0.25) is 4.79 Å². The zero-order valence-electron chi connectivity index (χ0n) is 12.9. The minimum absolute atomic E-state index is 0.294. The smallest absolute Gasteiger partial charge is 0.155 e. The molecule has 0 aromatic heterocycles. The van der Waals surface area contributed by atoms with Crippen LogP contribution in [0.4, 0.5) is 0 Å². The summed E-state index contributed by atoms with van der Waals surface area (Å²) in [6, 6.07) is 0. The number of hydrogen-bond acceptors (Lipinski definition) is 1.